The van der Waals surface area contributed by atoms with Gasteiger partial charge in [0.2, 0.25) is 0 Å². The number of hydrogen-bond acceptors (Lipinski definition) is 2. The summed E-state index contributed by atoms with van der Waals surface area (Å²) >= 11 is 0. The van der Waals surface area contributed by atoms with Gasteiger partial charge in [-0.1, -0.05) is 13.4 Å². The molecule has 0 N–H and O–H groups in total. The van der Waals surface area contributed by atoms with E-state index < -0.39 is 38.5 Å². The topological polar surface area (TPSA) is 34.1 Å². The van der Waals surface area contributed by atoms with Crippen molar-refractivity contribution in [3.63, 3.8) is 0 Å². The van der Waals surface area contributed by atoms with Gasteiger partial charge in [-0.3, -0.25) is 0 Å². The van der Waals surface area contributed by atoms with E-state index in [0.29, 0.717) is 6.42 Å². The minimum absolute atomic E-state index is 0. The molecule has 0 amide bonds. The maximum atomic E-state index is 11.4. The molecule has 0 unspecified atom stereocenters. The molecule has 0 aromatic rings. The largest absolute Gasteiger partial charge is 0.549 e. The van der Waals surface area contributed by atoms with Gasteiger partial charge in [-0.25, -0.2) is 0 Å². The van der Waals surface area contributed by atoms with Gasteiger partial charge in [-0.15, -0.1) is 0 Å². The molecule has 0 spiro atoms. The summed E-state index contributed by atoms with van der Waals surface area (Å²) in [4.78, 5) is 21.7. The summed E-state index contributed by atoms with van der Waals surface area (Å²) in [6, 6.07) is 0. The van der Waals surface area contributed by atoms with Crippen molar-refractivity contribution in [1.82, 2.24) is 0 Å². The SMILES string of the molecule is [B][B]B([B])B(B([B])[B][B])C(=O)CC.[B][B]B([B])B([C-]=O)B([B])[B][B].[Y]. The van der Waals surface area contributed by atoms with Crippen LogP contribution in [-0.4, -0.2) is 141 Å². The second kappa shape index (κ2) is 19.0. The van der Waals surface area contributed by atoms with Crippen LogP contribution in [0.5, 0.6) is 0 Å². The molecule has 0 aromatic carbocycles. The molecule has 0 aliphatic rings. The fourth-order valence-corrected chi connectivity index (χ4v) is 1.81. The average molecular weight is 369 g/mol. The van der Waals surface area contributed by atoms with E-state index >= 15 is 0 Å². The molecule has 0 atom stereocenters. The van der Waals surface area contributed by atoms with Crippen LogP contribution in [0, 0.1) is 0 Å². The van der Waals surface area contributed by atoms with Gasteiger partial charge in [0.25, 0.3) is 0 Å². The van der Waals surface area contributed by atoms with Gasteiger partial charge in [0.1, 0.15) is 6.49 Å². The third kappa shape index (κ3) is 12.6. The molecule has 0 fully saturated rings. The molecule has 0 saturated heterocycles. The second-order valence-electron chi connectivity index (χ2n) is 5.07. The van der Waals surface area contributed by atoms with Crippen molar-refractivity contribution >= 4 is 141 Å². The van der Waals surface area contributed by atoms with Gasteiger partial charge >= 0.3 is 0 Å². The average Bonchev–Trinajstić information content (AvgIpc) is 2.61. The monoisotopic (exact) mass is 372 g/mol. The molecule has 0 aliphatic heterocycles. The van der Waals surface area contributed by atoms with E-state index in [9.17, 15) is 9.59 Å². The van der Waals surface area contributed by atoms with E-state index in [1.54, 1.807) is 13.1 Å². The van der Waals surface area contributed by atoms with Gasteiger partial charge < -0.3 is 15.8 Å². The molecule has 21 radical (unpaired) electrons. The van der Waals surface area contributed by atoms with E-state index in [-0.39, 0.29) is 38.4 Å². The van der Waals surface area contributed by atoms with E-state index in [1.807, 2.05) is 0 Å². The Kier molecular flexibility index (Phi) is 23.7. The van der Waals surface area contributed by atoms with Crippen LogP contribution in [0.1, 0.15) is 13.3 Å². The van der Waals surface area contributed by atoms with Crippen molar-refractivity contribution in [2.75, 3.05) is 0 Å². The van der Waals surface area contributed by atoms with Crippen molar-refractivity contribution in [2.24, 2.45) is 0 Å². The van der Waals surface area contributed by atoms with E-state index in [2.05, 4.69) is 0 Å². The molecule has 0 aliphatic carbocycles. The first kappa shape index (κ1) is 31.3. The summed E-state index contributed by atoms with van der Waals surface area (Å²) < 4.78 is 0. The summed E-state index contributed by atoms with van der Waals surface area (Å²) in [6.45, 7) is 0.576. The minimum Gasteiger partial charge on any atom is -0.549 e. The number of carbonyl (C=O) groups excluding carboxylic acids is 2. The van der Waals surface area contributed by atoms with Crippen LogP contribution in [0.15, 0.2) is 0 Å². The first-order valence-corrected chi connectivity index (χ1v) is 7.38. The van der Waals surface area contributed by atoms with Gasteiger partial charge in [-0.2, -0.15) is 0 Å². The van der Waals surface area contributed by atoms with Gasteiger partial charge in [-0.05, 0) is 64.3 Å². The van der Waals surface area contributed by atoms with Crippen LogP contribution in [0.3, 0.4) is 0 Å². The number of rotatable bonds is 11. The number of hydrogen-bond donors (Lipinski definition) is 0. The summed E-state index contributed by atoms with van der Waals surface area (Å²) in [5.74, 6) is 0. The van der Waals surface area contributed by atoms with Crippen molar-refractivity contribution in [1.29, 1.82) is 0 Å². The Balaban J connectivity index is -0.000000377. The quantitative estimate of drug-likeness (QED) is 0.268. The molecule has 2 nitrogen and oxygen atoms in total. The predicted octanol–water partition coefficient (Wildman–Crippen LogP) is -6.78. The Morgan fingerprint density at radius 1 is 0.840 bits per heavy atom. The van der Waals surface area contributed by atoms with Crippen LogP contribution in [-0.2, 0) is 42.3 Å². The molecule has 91 valence electrons. The summed E-state index contributed by atoms with van der Waals surface area (Å²) in [7, 11) is 47.6. The number of carbonyl (C=O) groups is 1. The predicted molar refractivity (Wildman–Crippen MR) is 125 cm³/mol. The minimum atomic E-state index is -0.662. The summed E-state index contributed by atoms with van der Waals surface area (Å²) in [5.41, 5.74) is -0.0246. The maximum absolute atomic E-state index is 11.4. The third-order valence-electron chi connectivity index (χ3n) is 3.40. The van der Waals surface area contributed by atoms with Crippen molar-refractivity contribution in [3.8, 4) is 0 Å². The molecule has 0 heterocycles. The van der Waals surface area contributed by atoms with Crippen LogP contribution in [0.4, 0.5) is 0 Å². The smallest absolute Gasteiger partial charge is 0.126 e. The molecule has 0 bridgehead atoms. The fraction of sp³-hybridized carbons (Fsp3) is 0.500. The third-order valence-corrected chi connectivity index (χ3v) is 3.40. The van der Waals surface area contributed by atoms with Gasteiger partial charge in [0.15, 0.2) is 0 Å². The Bertz CT molecular complexity index is 325. The zero-order valence-corrected chi connectivity index (χ0v) is 17.3. The van der Waals surface area contributed by atoms with Gasteiger partial charge in [0.05, 0.1) is 5.68 Å². The van der Waals surface area contributed by atoms with Crippen LogP contribution < -0.4 is 0 Å². The van der Waals surface area contributed by atoms with Crippen molar-refractivity contribution in [2.45, 2.75) is 13.3 Å². The van der Waals surface area contributed by atoms with Gasteiger partial charge in [0, 0.05) is 90.5 Å². The Morgan fingerprint density at radius 3 is 1.36 bits per heavy atom. The summed E-state index contributed by atoms with van der Waals surface area (Å²) in [6.07, 6.45) is -0.206. The van der Waals surface area contributed by atoms with E-state index in [0.717, 1.165) is 0 Å². The Hall–Kier alpha value is 1.61. The Labute approximate surface area is 194 Å². The maximum Gasteiger partial charge on any atom is 0.126 e. The molecular formula is C4H5B18O2Y-. The van der Waals surface area contributed by atoms with E-state index in [4.69, 9.17) is 61.9 Å². The van der Waals surface area contributed by atoms with Crippen LogP contribution in [0.25, 0.3) is 0 Å². The molecule has 0 rings (SSSR count). The molecule has 0 saturated carbocycles. The zero-order chi connectivity index (χ0) is 19.3. The first-order valence-electron chi connectivity index (χ1n) is 7.38. The first-order chi connectivity index (χ1) is 11.2. The van der Waals surface area contributed by atoms with Crippen LogP contribution >= 0.6 is 0 Å². The van der Waals surface area contributed by atoms with Crippen molar-refractivity contribution < 1.29 is 42.3 Å². The fourth-order valence-electron chi connectivity index (χ4n) is 1.81. The van der Waals surface area contributed by atoms with Crippen molar-refractivity contribution in [3.05, 3.63) is 0 Å². The molecule has 21 heteroatoms. The standard InChI is InChI=1S/C3H5B9O.CB9O.Y/c1-2-3(13)10(11(6)8-4)12(7)9-5;2-6-9(4)8(1-11)10(5)7-3;/h2H2,1H3;;/q;-1;. The summed E-state index contributed by atoms with van der Waals surface area (Å²) in [5, 5.41) is 0. The second-order valence-corrected chi connectivity index (χ2v) is 5.07. The van der Waals surface area contributed by atoms with E-state index in [1.165, 1.54) is 28.2 Å². The zero-order valence-electron chi connectivity index (χ0n) is 14.5. The van der Waals surface area contributed by atoms with Crippen LogP contribution in [0.2, 0.25) is 0 Å². The Morgan fingerprint density at radius 2 is 1.16 bits per heavy atom. The molecular weight excluding hydrogens is 364 g/mol. The normalized spacial score (nSPS) is 8.04. The molecule has 25 heavy (non-hydrogen) atoms. The molecule has 0 aromatic heterocycles.